The Morgan fingerprint density at radius 1 is 0.239 bits per heavy atom. The van der Waals surface area contributed by atoms with Crippen molar-refractivity contribution in [3.63, 3.8) is 0 Å². The summed E-state index contributed by atoms with van der Waals surface area (Å²) in [6, 6.07) is 90.2. The molecule has 0 radical (unpaired) electrons. The second kappa shape index (κ2) is 17.2. The molecule has 0 bridgehead atoms. The number of benzene rings is 10. The zero-order valence-electron chi connectivity index (χ0n) is 36.6. The smallest absolute Gasteiger partial charge is 0.160 e. The first-order valence-corrected chi connectivity index (χ1v) is 22.7. The number of hydrogen-bond donors (Lipinski definition) is 0. The Morgan fingerprint density at radius 2 is 0.657 bits per heavy atom. The molecule has 2 aromatic heterocycles. The predicted molar refractivity (Wildman–Crippen MR) is 278 cm³/mol. The lowest BCUT2D eigenvalue weighted by atomic mass is 9.84. The van der Waals surface area contributed by atoms with Gasteiger partial charge in [0.2, 0.25) is 0 Å². The monoisotopic (exact) mass is 854 g/mol. The fourth-order valence-corrected chi connectivity index (χ4v) is 9.33. The molecule has 0 spiro atoms. The van der Waals surface area contributed by atoms with Crippen LogP contribution in [-0.2, 0) is 0 Å². The molecule has 3 nitrogen and oxygen atoms in total. The molecule has 12 aromatic rings. The quantitative estimate of drug-likeness (QED) is 0.145. The van der Waals surface area contributed by atoms with Gasteiger partial charge in [-0.15, -0.1) is 0 Å². The number of rotatable bonds is 9. The van der Waals surface area contributed by atoms with Crippen LogP contribution in [0.3, 0.4) is 0 Å². The van der Waals surface area contributed by atoms with Gasteiger partial charge in [0.25, 0.3) is 0 Å². The van der Waals surface area contributed by atoms with Crippen molar-refractivity contribution in [1.82, 2.24) is 9.97 Å². The molecule has 0 saturated heterocycles. The first kappa shape index (κ1) is 39.7. The van der Waals surface area contributed by atoms with Crippen LogP contribution in [0.15, 0.2) is 259 Å². The Kier molecular flexibility index (Phi) is 10.2. The molecule has 314 valence electrons. The van der Waals surface area contributed by atoms with Crippen LogP contribution in [-0.4, -0.2) is 9.97 Å². The molecule has 0 atom stereocenters. The van der Waals surface area contributed by atoms with Crippen molar-refractivity contribution in [2.75, 3.05) is 0 Å². The van der Waals surface area contributed by atoms with E-state index < -0.39 is 0 Å². The third-order valence-electron chi connectivity index (χ3n) is 12.7. The van der Waals surface area contributed by atoms with Gasteiger partial charge in [-0.3, -0.25) is 0 Å². The number of hydrogen-bond acceptors (Lipinski definition) is 3. The van der Waals surface area contributed by atoms with Crippen LogP contribution in [0.5, 0.6) is 0 Å². The van der Waals surface area contributed by atoms with Gasteiger partial charge in [-0.1, -0.05) is 212 Å². The molecule has 0 saturated carbocycles. The zero-order valence-corrected chi connectivity index (χ0v) is 36.6. The van der Waals surface area contributed by atoms with Gasteiger partial charge in [0.15, 0.2) is 5.82 Å². The number of para-hydroxylation sites is 1. The summed E-state index contributed by atoms with van der Waals surface area (Å²) in [5.74, 6) is 0.695. The first-order chi connectivity index (χ1) is 33.2. The van der Waals surface area contributed by atoms with E-state index in [9.17, 15) is 0 Å². The minimum atomic E-state index is 0.695. The predicted octanol–water partition coefficient (Wildman–Crippen LogP) is 17.4. The third kappa shape index (κ3) is 7.79. The highest BCUT2D eigenvalue weighted by Crippen LogP contribution is 2.45. The van der Waals surface area contributed by atoms with E-state index in [2.05, 4.69) is 218 Å². The molecular weight excluding hydrogens is 813 g/mol. The number of aromatic nitrogens is 2. The summed E-state index contributed by atoms with van der Waals surface area (Å²) in [6.45, 7) is 0. The first-order valence-electron chi connectivity index (χ1n) is 22.7. The Morgan fingerprint density at radius 3 is 1.27 bits per heavy atom. The van der Waals surface area contributed by atoms with Gasteiger partial charge >= 0.3 is 0 Å². The largest absolute Gasteiger partial charge is 0.456 e. The highest BCUT2D eigenvalue weighted by atomic mass is 16.3. The van der Waals surface area contributed by atoms with Gasteiger partial charge in [0, 0.05) is 27.5 Å². The van der Waals surface area contributed by atoms with Crippen molar-refractivity contribution in [2.45, 2.75) is 0 Å². The van der Waals surface area contributed by atoms with Gasteiger partial charge in [-0.25, -0.2) is 9.97 Å². The molecule has 2 heterocycles. The van der Waals surface area contributed by atoms with Crippen LogP contribution in [0.25, 0.3) is 123 Å². The number of nitrogens with zero attached hydrogens (tertiary/aromatic N) is 2. The zero-order chi connectivity index (χ0) is 44.5. The summed E-state index contributed by atoms with van der Waals surface area (Å²) in [5.41, 5.74) is 20.3. The van der Waals surface area contributed by atoms with Crippen molar-refractivity contribution in [3.8, 4) is 101 Å². The fraction of sp³-hybridized carbons (Fsp3) is 0. The van der Waals surface area contributed by atoms with E-state index in [0.717, 1.165) is 100 Å². The molecule has 0 N–H and O–H groups in total. The van der Waals surface area contributed by atoms with E-state index in [1.54, 1.807) is 0 Å². The molecule has 67 heavy (non-hydrogen) atoms. The van der Waals surface area contributed by atoms with Crippen molar-refractivity contribution < 1.29 is 4.42 Å². The minimum Gasteiger partial charge on any atom is -0.456 e. The molecule has 12 rings (SSSR count). The molecule has 0 aliphatic rings. The number of fused-ring (bicyclic) bond motifs is 3. The van der Waals surface area contributed by atoms with Gasteiger partial charge in [0.05, 0.1) is 11.4 Å². The van der Waals surface area contributed by atoms with E-state index in [-0.39, 0.29) is 0 Å². The molecule has 0 unspecified atom stereocenters. The van der Waals surface area contributed by atoms with Crippen molar-refractivity contribution >= 4 is 21.9 Å². The average molecular weight is 855 g/mol. The Balaban J connectivity index is 0.954. The van der Waals surface area contributed by atoms with Crippen molar-refractivity contribution in [3.05, 3.63) is 255 Å². The Hall–Kier alpha value is -8.92. The average Bonchev–Trinajstić information content (AvgIpc) is 3.79. The SMILES string of the molecule is c1ccc(-c2ccc(-c3cc(-c4ccc(-c5cccc(-c6cc(-c7ccccc7)cc(-c7ccc8c(c7)oc7ccccc78)c6-c6ccccc6)c5)cc4)nc(-c4ccccc4)n3)cc2)cc1. The molecule has 10 aromatic carbocycles. The lowest BCUT2D eigenvalue weighted by Gasteiger charge is -2.19. The van der Waals surface area contributed by atoms with E-state index in [1.807, 2.05) is 36.4 Å². The highest BCUT2D eigenvalue weighted by molar-refractivity contribution is 6.07. The topological polar surface area (TPSA) is 38.9 Å². The van der Waals surface area contributed by atoms with Gasteiger partial charge in [-0.05, 0) is 109 Å². The molecule has 3 heteroatoms. The number of furan rings is 1. The van der Waals surface area contributed by atoms with Gasteiger partial charge < -0.3 is 4.42 Å². The van der Waals surface area contributed by atoms with Crippen LogP contribution >= 0.6 is 0 Å². The second-order valence-corrected chi connectivity index (χ2v) is 16.9. The lowest BCUT2D eigenvalue weighted by molar-refractivity contribution is 0.669. The molecular formula is C64H42N2O. The molecule has 0 aliphatic carbocycles. The van der Waals surface area contributed by atoms with Crippen LogP contribution < -0.4 is 0 Å². The molecule has 0 fully saturated rings. The standard InChI is InChI=1S/C64H42N2O/c1-5-16-43(17-6-1)45-28-32-47(33-29-45)59-42-60(66-64(65-59)50-22-11-4-12-23-50)48-34-30-46(31-35-48)51-24-15-25-52(38-51)57-39-54(44-18-7-2-8-19-44)40-58(63(57)49-20-9-3-10-21-49)53-36-37-56-55-26-13-14-27-61(55)67-62(56)41-53/h1-42H. The van der Waals surface area contributed by atoms with Crippen LogP contribution in [0.4, 0.5) is 0 Å². The Labute approximate surface area is 390 Å². The summed E-state index contributed by atoms with van der Waals surface area (Å²) in [4.78, 5) is 10.2. The van der Waals surface area contributed by atoms with E-state index in [1.165, 1.54) is 16.7 Å². The molecule has 0 amide bonds. The van der Waals surface area contributed by atoms with Crippen LogP contribution in [0.2, 0.25) is 0 Å². The third-order valence-corrected chi connectivity index (χ3v) is 12.7. The van der Waals surface area contributed by atoms with Gasteiger partial charge in [0.1, 0.15) is 11.2 Å². The van der Waals surface area contributed by atoms with E-state index in [0.29, 0.717) is 5.82 Å². The lowest BCUT2D eigenvalue weighted by Crippen LogP contribution is -1.96. The molecule has 0 aliphatic heterocycles. The second-order valence-electron chi connectivity index (χ2n) is 16.9. The minimum absolute atomic E-state index is 0.695. The van der Waals surface area contributed by atoms with E-state index >= 15 is 0 Å². The summed E-state index contributed by atoms with van der Waals surface area (Å²) in [5, 5.41) is 2.24. The summed E-state index contributed by atoms with van der Waals surface area (Å²) >= 11 is 0. The summed E-state index contributed by atoms with van der Waals surface area (Å²) in [6.07, 6.45) is 0. The normalized spacial score (nSPS) is 11.3. The Bertz CT molecular complexity index is 3690. The van der Waals surface area contributed by atoms with Crippen LogP contribution in [0.1, 0.15) is 0 Å². The van der Waals surface area contributed by atoms with E-state index in [4.69, 9.17) is 14.4 Å². The summed E-state index contributed by atoms with van der Waals surface area (Å²) < 4.78 is 6.45. The van der Waals surface area contributed by atoms with Crippen molar-refractivity contribution in [2.24, 2.45) is 0 Å². The fourth-order valence-electron chi connectivity index (χ4n) is 9.33. The summed E-state index contributed by atoms with van der Waals surface area (Å²) in [7, 11) is 0. The van der Waals surface area contributed by atoms with Crippen LogP contribution in [0, 0.1) is 0 Å². The van der Waals surface area contributed by atoms with Crippen molar-refractivity contribution in [1.29, 1.82) is 0 Å². The highest BCUT2D eigenvalue weighted by Gasteiger charge is 2.19. The maximum atomic E-state index is 6.45. The maximum Gasteiger partial charge on any atom is 0.160 e. The maximum absolute atomic E-state index is 6.45. The van der Waals surface area contributed by atoms with Gasteiger partial charge in [-0.2, -0.15) is 0 Å².